The van der Waals surface area contributed by atoms with Crippen LogP contribution in [0.4, 0.5) is 5.69 Å². The number of nitrogens with zero attached hydrogens (tertiary/aromatic N) is 2. The molecular formula is C22H18BrN3O6. The first kappa shape index (κ1) is 22.8. The van der Waals surface area contributed by atoms with Crippen LogP contribution in [0.15, 0.2) is 70.2 Å². The summed E-state index contributed by atoms with van der Waals surface area (Å²) in [4.78, 5) is 22.4. The zero-order valence-electron chi connectivity index (χ0n) is 16.8. The van der Waals surface area contributed by atoms with Gasteiger partial charge in [-0.1, -0.05) is 12.1 Å². The molecule has 1 amide bonds. The van der Waals surface area contributed by atoms with Crippen molar-refractivity contribution in [2.45, 2.75) is 6.61 Å². The van der Waals surface area contributed by atoms with Crippen molar-refractivity contribution in [3.05, 3.63) is 91.9 Å². The maximum atomic E-state index is 12.1. The van der Waals surface area contributed by atoms with Crippen molar-refractivity contribution < 1.29 is 24.3 Å². The molecule has 0 aliphatic heterocycles. The fourth-order valence-corrected chi connectivity index (χ4v) is 3.29. The van der Waals surface area contributed by atoms with E-state index in [1.165, 1.54) is 37.6 Å². The van der Waals surface area contributed by atoms with Gasteiger partial charge in [0, 0.05) is 12.1 Å². The molecule has 9 nitrogen and oxygen atoms in total. The first-order chi connectivity index (χ1) is 15.4. The lowest BCUT2D eigenvalue weighted by atomic mass is 10.2. The largest absolute Gasteiger partial charge is 0.507 e. The Bertz CT molecular complexity index is 1160. The summed E-state index contributed by atoms with van der Waals surface area (Å²) in [6.45, 7) is 0.178. The Kier molecular flexibility index (Phi) is 7.40. The van der Waals surface area contributed by atoms with Gasteiger partial charge in [-0.15, -0.1) is 0 Å². The van der Waals surface area contributed by atoms with E-state index in [-0.39, 0.29) is 23.6 Å². The van der Waals surface area contributed by atoms with Gasteiger partial charge in [0.25, 0.3) is 11.6 Å². The van der Waals surface area contributed by atoms with E-state index in [0.717, 1.165) is 5.56 Å². The van der Waals surface area contributed by atoms with Gasteiger partial charge in [0.2, 0.25) is 0 Å². The third-order valence-corrected chi connectivity index (χ3v) is 4.90. The van der Waals surface area contributed by atoms with Gasteiger partial charge in [0.05, 0.1) is 28.3 Å². The number of hydrogen-bond donors (Lipinski definition) is 2. The van der Waals surface area contributed by atoms with Gasteiger partial charge in [0.1, 0.15) is 12.4 Å². The lowest BCUT2D eigenvalue weighted by molar-refractivity contribution is -0.384. The third-order valence-electron chi connectivity index (χ3n) is 4.31. The van der Waals surface area contributed by atoms with E-state index in [2.05, 4.69) is 26.5 Å². The highest BCUT2D eigenvalue weighted by molar-refractivity contribution is 9.10. The van der Waals surface area contributed by atoms with Crippen LogP contribution in [0, 0.1) is 10.1 Å². The lowest BCUT2D eigenvalue weighted by Gasteiger charge is -2.13. The van der Waals surface area contributed by atoms with Crippen LogP contribution < -0.4 is 14.9 Å². The number of aromatic hydroxyl groups is 1. The fraction of sp³-hybridized carbons (Fsp3) is 0.0909. The number of nitrogens with one attached hydrogen (secondary N) is 1. The maximum absolute atomic E-state index is 12.1. The van der Waals surface area contributed by atoms with Gasteiger partial charge in [-0.2, -0.15) is 5.10 Å². The maximum Gasteiger partial charge on any atom is 0.275 e. The van der Waals surface area contributed by atoms with Gasteiger partial charge >= 0.3 is 0 Å². The summed E-state index contributed by atoms with van der Waals surface area (Å²) in [6, 6.07) is 15.6. The van der Waals surface area contributed by atoms with Crippen LogP contribution in [0.25, 0.3) is 0 Å². The molecule has 0 aliphatic rings. The number of ether oxygens (including phenoxy) is 2. The van der Waals surface area contributed by atoms with Crippen molar-refractivity contribution in [1.29, 1.82) is 0 Å². The normalized spacial score (nSPS) is 10.7. The number of nitro groups is 1. The Balaban J connectivity index is 1.69. The number of halogens is 1. The van der Waals surface area contributed by atoms with Crippen LogP contribution >= 0.6 is 15.9 Å². The third kappa shape index (κ3) is 5.61. The first-order valence-electron chi connectivity index (χ1n) is 9.24. The predicted molar refractivity (Wildman–Crippen MR) is 121 cm³/mol. The Labute approximate surface area is 191 Å². The summed E-state index contributed by atoms with van der Waals surface area (Å²) in [5.41, 5.74) is 3.84. The van der Waals surface area contributed by atoms with E-state index in [1.807, 2.05) is 0 Å². The standard InChI is InChI=1S/C22H18BrN3O6/c1-31-20-11-15(12-24-25-22(28)17-4-2-3-5-19(17)27)10-18(23)21(20)32-13-14-6-8-16(9-7-14)26(29)30/h2-12,27H,13H2,1H3,(H,25,28)/b24-12+. The molecule has 0 bridgehead atoms. The Morgan fingerprint density at radius 3 is 2.59 bits per heavy atom. The molecule has 3 rings (SSSR count). The molecule has 2 N–H and O–H groups in total. The van der Waals surface area contributed by atoms with Gasteiger partial charge in [0.15, 0.2) is 11.5 Å². The molecule has 0 aromatic heterocycles. The monoisotopic (exact) mass is 499 g/mol. The number of para-hydroxylation sites is 1. The molecule has 164 valence electrons. The minimum atomic E-state index is -0.548. The van der Waals surface area contributed by atoms with E-state index in [9.17, 15) is 20.0 Å². The molecule has 0 unspecified atom stereocenters. The number of rotatable bonds is 8. The fourth-order valence-electron chi connectivity index (χ4n) is 2.72. The molecule has 3 aromatic carbocycles. The SMILES string of the molecule is COc1cc(/C=N/NC(=O)c2ccccc2O)cc(Br)c1OCc1ccc([N+](=O)[O-])cc1. The van der Waals surface area contributed by atoms with Crippen LogP contribution in [0.5, 0.6) is 17.2 Å². The van der Waals surface area contributed by atoms with E-state index in [4.69, 9.17) is 9.47 Å². The average molecular weight is 500 g/mol. The van der Waals surface area contributed by atoms with E-state index in [1.54, 1.807) is 36.4 Å². The van der Waals surface area contributed by atoms with Gasteiger partial charge < -0.3 is 14.6 Å². The van der Waals surface area contributed by atoms with Gasteiger partial charge in [-0.3, -0.25) is 14.9 Å². The Hall–Kier alpha value is -3.92. The second kappa shape index (κ2) is 10.4. The van der Waals surface area contributed by atoms with Crippen LogP contribution in [-0.2, 0) is 6.61 Å². The second-order valence-electron chi connectivity index (χ2n) is 6.46. The van der Waals surface area contributed by atoms with E-state index in [0.29, 0.717) is 21.5 Å². The summed E-state index contributed by atoms with van der Waals surface area (Å²) in [5.74, 6) is 0.184. The van der Waals surface area contributed by atoms with Crippen LogP contribution in [0.1, 0.15) is 21.5 Å². The zero-order valence-corrected chi connectivity index (χ0v) is 18.4. The van der Waals surface area contributed by atoms with Crippen LogP contribution in [0.2, 0.25) is 0 Å². The highest BCUT2D eigenvalue weighted by atomic mass is 79.9. The number of carbonyl (C=O) groups is 1. The average Bonchev–Trinajstić information content (AvgIpc) is 2.78. The van der Waals surface area contributed by atoms with E-state index >= 15 is 0 Å². The molecule has 0 heterocycles. The van der Waals surface area contributed by atoms with Gasteiger partial charge in [-0.25, -0.2) is 5.43 Å². The molecule has 32 heavy (non-hydrogen) atoms. The number of carbonyl (C=O) groups excluding carboxylic acids is 1. The molecular weight excluding hydrogens is 482 g/mol. The molecule has 0 fully saturated rings. The number of benzene rings is 3. The Morgan fingerprint density at radius 2 is 1.94 bits per heavy atom. The number of phenols is 1. The number of non-ortho nitro benzene ring substituents is 1. The van der Waals surface area contributed by atoms with E-state index < -0.39 is 10.8 Å². The van der Waals surface area contributed by atoms with Crippen LogP contribution in [-0.4, -0.2) is 29.3 Å². The van der Waals surface area contributed by atoms with Crippen molar-refractivity contribution in [3.8, 4) is 17.2 Å². The minimum Gasteiger partial charge on any atom is -0.507 e. The number of nitro benzene ring substituents is 1. The van der Waals surface area contributed by atoms with Crippen LogP contribution in [0.3, 0.4) is 0 Å². The highest BCUT2D eigenvalue weighted by Crippen LogP contribution is 2.37. The lowest BCUT2D eigenvalue weighted by Crippen LogP contribution is -2.17. The topological polar surface area (TPSA) is 123 Å². The summed E-state index contributed by atoms with van der Waals surface area (Å²) < 4.78 is 11.8. The van der Waals surface area contributed by atoms with Gasteiger partial charge in [-0.05, 0) is 63.5 Å². The molecule has 10 heteroatoms. The number of methoxy groups -OCH3 is 1. The summed E-state index contributed by atoms with van der Waals surface area (Å²) in [5, 5.41) is 24.4. The number of phenolic OH excluding ortho intramolecular Hbond substituents is 1. The zero-order chi connectivity index (χ0) is 23.1. The molecule has 0 saturated heterocycles. The molecule has 3 aromatic rings. The molecule has 0 atom stereocenters. The smallest absolute Gasteiger partial charge is 0.275 e. The minimum absolute atomic E-state index is 0.00530. The molecule has 0 spiro atoms. The summed E-state index contributed by atoms with van der Waals surface area (Å²) in [6.07, 6.45) is 1.42. The number of hydrazone groups is 1. The van der Waals surface area contributed by atoms with Crippen molar-refractivity contribution in [1.82, 2.24) is 5.43 Å². The number of hydrogen-bond acceptors (Lipinski definition) is 7. The van der Waals surface area contributed by atoms with Crippen molar-refractivity contribution in [3.63, 3.8) is 0 Å². The predicted octanol–water partition coefficient (Wildman–Crippen LogP) is 4.41. The summed E-state index contributed by atoms with van der Waals surface area (Å²) in [7, 11) is 1.49. The van der Waals surface area contributed by atoms with Crippen molar-refractivity contribution in [2.24, 2.45) is 5.10 Å². The molecule has 0 aliphatic carbocycles. The quantitative estimate of drug-likeness (QED) is 0.268. The van der Waals surface area contributed by atoms with Crippen molar-refractivity contribution >= 4 is 33.7 Å². The number of amides is 1. The molecule has 0 radical (unpaired) electrons. The first-order valence-corrected chi connectivity index (χ1v) is 10.0. The molecule has 0 saturated carbocycles. The second-order valence-corrected chi connectivity index (χ2v) is 7.32. The highest BCUT2D eigenvalue weighted by Gasteiger charge is 2.13. The summed E-state index contributed by atoms with van der Waals surface area (Å²) >= 11 is 3.43. The Morgan fingerprint density at radius 1 is 1.22 bits per heavy atom. The van der Waals surface area contributed by atoms with Crippen molar-refractivity contribution in [2.75, 3.05) is 7.11 Å².